The maximum Gasteiger partial charge on any atom is 0.251 e. The van der Waals surface area contributed by atoms with Crippen molar-refractivity contribution in [3.63, 3.8) is 0 Å². The van der Waals surface area contributed by atoms with Crippen LogP contribution >= 0.6 is 0 Å². The van der Waals surface area contributed by atoms with Gasteiger partial charge in [0.15, 0.2) is 0 Å². The second-order valence-electron chi connectivity index (χ2n) is 3.73. The minimum atomic E-state index is -0.0912. The van der Waals surface area contributed by atoms with Crippen molar-refractivity contribution in [1.82, 2.24) is 5.32 Å². The number of carbonyl (C=O) groups is 1. The maximum atomic E-state index is 11.7. The SMILES string of the molecule is COCCCNC(=O)c1cc(C)cc(N)c1. The van der Waals surface area contributed by atoms with Crippen LogP contribution < -0.4 is 11.1 Å². The van der Waals surface area contributed by atoms with E-state index in [2.05, 4.69) is 5.32 Å². The van der Waals surface area contributed by atoms with Crippen molar-refractivity contribution in [3.05, 3.63) is 29.3 Å². The highest BCUT2D eigenvalue weighted by Crippen LogP contribution is 2.10. The van der Waals surface area contributed by atoms with Gasteiger partial charge in [0.1, 0.15) is 0 Å². The van der Waals surface area contributed by atoms with Crippen molar-refractivity contribution in [2.45, 2.75) is 13.3 Å². The molecule has 0 fully saturated rings. The summed E-state index contributed by atoms with van der Waals surface area (Å²) in [5.41, 5.74) is 7.88. The van der Waals surface area contributed by atoms with Crippen molar-refractivity contribution in [1.29, 1.82) is 0 Å². The molecule has 4 heteroatoms. The third-order valence-electron chi connectivity index (χ3n) is 2.17. The summed E-state index contributed by atoms with van der Waals surface area (Å²) in [7, 11) is 1.64. The molecule has 1 aromatic carbocycles. The molecule has 0 heterocycles. The van der Waals surface area contributed by atoms with Crippen LogP contribution in [0.2, 0.25) is 0 Å². The third-order valence-corrected chi connectivity index (χ3v) is 2.17. The number of nitrogen functional groups attached to an aromatic ring is 1. The Morgan fingerprint density at radius 3 is 2.81 bits per heavy atom. The molecule has 3 N–H and O–H groups in total. The van der Waals surface area contributed by atoms with Gasteiger partial charge in [-0.1, -0.05) is 0 Å². The van der Waals surface area contributed by atoms with E-state index in [0.717, 1.165) is 12.0 Å². The topological polar surface area (TPSA) is 64.3 Å². The number of benzene rings is 1. The molecule has 0 atom stereocenters. The van der Waals surface area contributed by atoms with Gasteiger partial charge >= 0.3 is 0 Å². The summed E-state index contributed by atoms with van der Waals surface area (Å²) >= 11 is 0. The average Bonchev–Trinajstić information content (AvgIpc) is 2.22. The normalized spacial score (nSPS) is 10.1. The molecule has 0 saturated heterocycles. The Morgan fingerprint density at radius 1 is 1.44 bits per heavy atom. The summed E-state index contributed by atoms with van der Waals surface area (Å²) in [6, 6.07) is 5.34. The number of anilines is 1. The Bertz CT molecular complexity index is 344. The minimum Gasteiger partial charge on any atom is -0.399 e. The van der Waals surface area contributed by atoms with Gasteiger partial charge in [-0.3, -0.25) is 4.79 Å². The van der Waals surface area contributed by atoms with E-state index >= 15 is 0 Å². The number of rotatable bonds is 5. The Balaban J connectivity index is 2.52. The van der Waals surface area contributed by atoms with Gasteiger partial charge < -0.3 is 15.8 Å². The molecular formula is C12H18N2O2. The van der Waals surface area contributed by atoms with Crippen molar-refractivity contribution in [2.75, 3.05) is 26.0 Å². The molecular weight excluding hydrogens is 204 g/mol. The molecule has 1 amide bonds. The highest BCUT2D eigenvalue weighted by Gasteiger charge is 2.05. The fourth-order valence-electron chi connectivity index (χ4n) is 1.46. The van der Waals surface area contributed by atoms with Crippen molar-refractivity contribution in [2.24, 2.45) is 0 Å². The number of nitrogens with two attached hydrogens (primary N) is 1. The average molecular weight is 222 g/mol. The molecule has 0 saturated carbocycles. The molecule has 0 aliphatic rings. The number of hydrogen-bond acceptors (Lipinski definition) is 3. The van der Waals surface area contributed by atoms with E-state index in [1.54, 1.807) is 13.2 Å². The molecule has 1 aromatic rings. The minimum absolute atomic E-state index is 0.0912. The Labute approximate surface area is 95.8 Å². The van der Waals surface area contributed by atoms with E-state index in [1.807, 2.05) is 19.1 Å². The molecule has 0 aliphatic heterocycles. The maximum absolute atomic E-state index is 11.7. The smallest absolute Gasteiger partial charge is 0.251 e. The lowest BCUT2D eigenvalue weighted by Crippen LogP contribution is -2.25. The number of nitrogens with one attached hydrogen (secondary N) is 1. The first-order valence-electron chi connectivity index (χ1n) is 5.28. The van der Waals surface area contributed by atoms with Crippen LogP contribution in [0.1, 0.15) is 22.3 Å². The van der Waals surface area contributed by atoms with Gasteiger partial charge in [0.25, 0.3) is 5.91 Å². The predicted octanol–water partition coefficient (Wildman–Crippen LogP) is 1.34. The molecule has 0 aliphatic carbocycles. The lowest BCUT2D eigenvalue weighted by atomic mass is 10.1. The van der Waals surface area contributed by atoms with Crippen LogP contribution in [0.4, 0.5) is 5.69 Å². The van der Waals surface area contributed by atoms with E-state index in [9.17, 15) is 4.79 Å². The second kappa shape index (κ2) is 6.12. The molecule has 88 valence electrons. The van der Waals surface area contributed by atoms with Crippen LogP contribution in [0.3, 0.4) is 0 Å². The number of amides is 1. The number of methoxy groups -OCH3 is 1. The van der Waals surface area contributed by atoms with Crippen LogP contribution in [0, 0.1) is 6.92 Å². The summed E-state index contributed by atoms with van der Waals surface area (Å²) in [6.07, 6.45) is 0.809. The van der Waals surface area contributed by atoms with Crippen LogP contribution in [0.25, 0.3) is 0 Å². The van der Waals surface area contributed by atoms with Crippen LogP contribution in [0.15, 0.2) is 18.2 Å². The second-order valence-corrected chi connectivity index (χ2v) is 3.73. The van der Waals surface area contributed by atoms with Crippen LogP contribution in [0.5, 0.6) is 0 Å². The van der Waals surface area contributed by atoms with Gasteiger partial charge in [-0.25, -0.2) is 0 Å². The summed E-state index contributed by atoms with van der Waals surface area (Å²) < 4.78 is 4.90. The Kier molecular flexibility index (Phi) is 4.79. The van der Waals surface area contributed by atoms with E-state index in [-0.39, 0.29) is 5.91 Å². The first kappa shape index (κ1) is 12.5. The largest absolute Gasteiger partial charge is 0.399 e. The number of hydrogen-bond donors (Lipinski definition) is 2. The predicted molar refractivity (Wildman–Crippen MR) is 64.4 cm³/mol. The fraction of sp³-hybridized carbons (Fsp3) is 0.417. The zero-order chi connectivity index (χ0) is 12.0. The summed E-state index contributed by atoms with van der Waals surface area (Å²) in [6.45, 7) is 3.18. The van der Waals surface area contributed by atoms with Crippen molar-refractivity contribution < 1.29 is 9.53 Å². The van der Waals surface area contributed by atoms with Crippen molar-refractivity contribution >= 4 is 11.6 Å². The Hall–Kier alpha value is -1.55. The molecule has 0 unspecified atom stereocenters. The zero-order valence-corrected chi connectivity index (χ0v) is 9.75. The van der Waals surface area contributed by atoms with Crippen LogP contribution in [-0.2, 0) is 4.74 Å². The van der Waals surface area contributed by atoms with E-state index in [4.69, 9.17) is 10.5 Å². The summed E-state index contributed by atoms with van der Waals surface area (Å²) in [5, 5.41) is 2.81. The molecule has 16 heavy (non-hydrogen) atoms. The van der Waals surface area contributed by atoms with Gasteiger partial charge in [-0.15, -0.1) is 0 Å². The molecule has 0 radical (unpaired) electrons. The number of carbonyl (C=O) groups excluding carboxylic acids is 1. The highest BCUT2D eigenvalue weighted by molar-refractivity contribution is 5.95. The van der Waals surface area contributed by atoms with Gasteiger partial charge in [0, 0.05) is 31.5 Å². The lowest BCUT2D eigenvalue weighted by Gasteiger charge is -2.06. The molecule has 1 rings (SSSR count). The quantitative estimate of drug-likeness (QED) is 0.583. The fourth-order valence-corrected chi connectivity index (χ4v) is 1.46. The molecule has 0 aromatic heterocycles. The van der Waals surface area contributed by atoms with E-state index < -0.39 is 0 Å². The van der Waals surface area contributed by atoms with E-state index in [0.29, 0.717) is 24.4 Å². The number of ether oxygens (including phenoxy) is 1. The third kappa shape index (κ3) is 3.90. The standard InChI is InChI=1S/C12H18N2O2/c1-9-6-10(8-11(13)7-9)12(15)14-4-3-5-16-2/h6-8H,3-5,13H2,1-2H3,(H,14,15). The monoisotopic (exact) mass is 222 g/mol. The molecule has 0 spiro atoms. The summed E-state index contributed by atoms with van der Waals surface area (Å²) in [5.74, 6) is -0.0912. The van der Waals surface area contributed by atoms with Gasteiger partial charge in [-0.2, -0.15) is 0 Å². The summed E-state index contributed by atoms with van der Waals surface area (Å²) in [4.78, 5) is 11.7. The highest BCUT2D eigenvalue weighted by atomic mass is 16.5. The van der Waals surface area contributed by atoms with Crippen LogP contribution in [-0.4, -0.2) is 26.2 Å². The zero-order valence-electron chi connectivity index (χ0n) is 9.75. The Morgan fingerprint density at radius 2 is 2.19 bits per heavy atom. The first-order valence-corrected chi connectivity index (χ1v) is 5.28. The number of aryl methyl sites for hydroxylation is 1. The van der Waals surface area contributed by atoms with Crippen molar-refractivity contribution in [3.8, 4) is 0 Å². The molecule has 4 nitrogen and oxygen atoms in total. The van der Waals surface area contributed by atoms with Gasteiger partial charge in [-0.05, 0) is 37.1 Å². The first-order chi connectivity index (χ1) is 7.63. The van der Waals surface area contributed by atoms with Gasteiger partial charge in [0.05, 0.1) is 0 Å². The molecule has 0 bridgehead atoms. The van der Waals surface area contributed by atoms with Gasteiger partial charge in [0.2, 0.25) is 0 Å². The lowest BCUT2D eigenvalue weighted by molar-refractivity contribution is 0.0948. The van der Waals surface area contributed by atoms with E-state index in [1.165, 1.54) is 0 Å².